The zero-order valence-corrected chi connectivity index (χ0v) is 11.4. The van der Waals surface area contributed by atoms with Crippen LogP contribution >= 0.6 is 0 Å². The van der Waals surface area contributed by atoms with Gasteiger partial charge in [0.15, 0.2) is 5.69 Å². The van der Waals surface area contributed by atoms with Gasteiger partial charge in [-0.3, -0.25) is 4.68 Å². The summed E-state index contributed by atoms with van der Waals surface area (Å²) in [6.45, 7) is -1.26. The Morgan fingerprint density at radius 1 is 1.22 bits per heavy atom. The van der Waals surface area contributed by atoms with Crippen molar-refractivity contribution in [2.75, 3.05) is 13.2 Å². The molecule has 1 aromatic heterocycles. The fourth-order valence-electron chi connectivity index (χ4n) is 2.95. The molecule has 0 bridgehead atoms. The van der Waals surface area contributed by atoms with Crippen molar-refractivity contribution in [3.8, 4) is 0 Å². The quantitative estimate of drug-likeness (QED) is 0.794. The van der Waals surface area contributed by atoms with Crippen molar-refractivity contribution >= 4 is 0 Å². The van der Waals surface area contributed by atoms with Gasteiger partial charge in [-0.05, 0) is 0 Å². The molecule has 1 N–H and O–H groups in total. The average molecular weight is 348 g/mol. The van der Waals surface area contributed by atoms with E-state index < -0.39 is 66.6 Å². The van der Waals surface area contributed by atoms with Crippen LogP contribution in [0.25, 0.3) is 0 Å². The lowest BCUT2D eigenvalue weighted by Gasteiger charge is -2.30. The van der Waals surface area contributed by atoms with Crippen molar-refractivity contribution in [3.63, 3.8) is 0 Å². The summed E-state index contributed by atoms with van der Waals surface area (Å²) in [4.78, 5) is 0. The van der Waals surface area contributed by atoms with Gasteiger partial charge in [0, 0.05) is 12.0 Å². The second kappa shape index (κ2) is 4.82. The number of hydrogen-bond acceptors (Lipinski definition) is 3. The zero-order chi connectivity index (χ0) is 17.2. The van der Waals surface area contributed by atoms with E-state index in [4.69, 9.17) is 0 Å². The van der Waals surface area contributed by atoms with E-state index in [2.05, 4.69) is 9.84 Å². The van der Waals surface area contributed by atoms with Gasteiger partial charge in [0.05, 0.1) is 24.8 Å². The average Bonchev–Trinajstić information content (AvgIpc) is 2.84. The molecule has 0 radical (unpaired) electrons. The number of alkyl halides is 7. The lowest BCUT2D eigenvalue weighted by atomic mass is 10.1. The Morgan fingerprint density at radius 2 is 1.87 bits per heavy atom. The van der Waals surface area contributed by atoms with E-state index in [0.29, 0.717) is 4.68 Å². The highest BCUT2D eigenvalue weighted by Gasteiger charge is 2.55. The molecule has 2 atom stereocenters. The van der Waals surface area contributed by atoms with Crippen molar-refractivity contribution in [1.82, 2.24) is 9.78 Å². The van der Waals surface area contributed by atoms with Crippen molar-refractivity contribution in [3.05, 3.63) is 17.0 Å². The van der Waals surface area contributed by atoms with E-state index in [-0.39, 0.29) is 6.61 Å². The highest BCUT2D eigenvalue weighted by Crippen LogP contribution is 2.49. The third kappa shape index (κ3) is 2.69. The Morgan fingerprint density at radius 3 is 2.43 bits per heavy atom. The zero-order valence-electron chi connectivity index (χ0n) is 11.4. The van der Waals surface area contributed by atoms with Crippen LogP contribution in [-0.4, -0.2) is 39.9 Å². The second-order valence-corrected chi connectivity index (χ2v) is 5.72. The number of rotatable bonds is 1. The highest BCUT2D eigenvalue weighted by atomic mass is 19.4. The van der Waals surface area contributed by atoms with Crippen LogP contribution in [0, 0.1) is 0 Å². The minimum Gasteiger partial charge on any atom is -0.382 e. The number of aromatic nitrogens is 2. The van der Waals surface area contributed by atoms with E-state index in [9.17, 15) is 35.8 Å². The Hall–Kier alpha value is -1.36. The predicted octanol–water partition coefficient (Wildman–Crippen LogP) is 2.72. The molecule has 23 heavy (non-hydrogen) atoms. The highest BCUT2D eigenvalue weighted by molar-refractivity contribution is 5.38. The van der Waals surface area contributed by atoms with E-state index in [0.717, 1.165) is 0 Å². The molecule has 0 aromatic carbocycles. The standard InChI is InChI=1S/C12H11F7N2O2/c13-10(14)1-5(3-23-4-10)21-6-2-11(15,16)9(22)7(6)8(20-21)12(17,18)19/h5,9,22H,1-4H2/t5?,9-/m0/s1. The maximum atomic E-state index is 13.6. The van der Waals surface area contributed by atoms with Gasteiger partial charge >= 0.3 is 6.18 Å². The molecule has 1 aliphatic heterocycles. The molecule has 1 aromatic rings. The summed E-state index contributed by atoms with van der Waals surface area (Å²) in [5.41, 5.74) is -3.30. The number of ether oxygens (including phenoxy) is 1. The molecule has 11 heteroatoms. The first-order chi connectivity index (χ1) is 10.4. The molecule has 0 spiro atoms. The van der Waals surface area contributed by atoms with Crippen LogP contribution in [0.2, 0.25) is 0 Å². The Kier molecular flexibility index (Phi) is 3.46. The SMILES string of the molecule is O[C@H]1c2c(C(F)(F)F)nn(C3COCC(F)(F)C3)c2CC1(F)F. The van der Waals surface area contributed by atoms with Gasteiger partial charge in [-0.15, -0.1) is 0 Å². The molecule has 3 rings (SSSR count). The van der Waals surface area contributed by atoms with Gasteiger partial charge in [0.25, 0.3) is 11.8 Å². The van der Waals surface area contributed by atoms with E-state index in [1.54, 1.807) is 0 Å². The molecule has 1 fully saturated rings. The molecule has 1 aliphatic carbocycles. The first-order valence-corrected chi connectivity index (χ1v) is 6.62. The maximum Gasteiger partial charge on any atom is 0.435 e. The minimum absolute atomic E-state index is 0.372. The van der Waals surface area contributed by atoms with Crippen LogP contribution in [0.1, 0.15) is 35.5 Å². The normalized spacial score (nSPS) is 29.6. The number of aliphatic hydroxyl groups excluding tert-OH is 1. The van der Waals surface area contributed by atoms with Crippen molar-refractivity contribution in [2.45, 2.75) is 43.0 Å². The van der Waals surface area contributed by atoms with Gasteiger partial charge in [0.2, 0.25) is 0 Å². The van der Waals surface area contributed by atoms with Crippen LogP contribution in [0.4, 0.5) is 30.7 Å². The molecule has 0 amide bonds. The monoisotopic (exact) mass is 348 g/mol. The Bertz CT molecular complexity index is 626. The predicted molar refractivity (Wildman–Crippen MR) is 60.3 cm³/mol. The van der Waals surface area contributed by atoms with Crippen LogP contribution in [0.5, 0.6) is 0 Å². The topological polar surface area (TPSA) is 47.3 Å². The molecule has 1 saturated heterocycles. The number of nitrogens with zero attached hydrogens (tertiary/aromatic N) is 2. The van der Waals surface area contributed by atoms with Gasteiger partial charge < -0.3 is 9.84 Å². The first-order valence-electron chi connectivity index (χ1n) is 6.62. The smallest absolute Gasteiger partial charge is 0.382 e. The third-order valence-electron chi connectivity index (χ3n) is 3.90. The molecular formula is C12H11F7N2O2. The second-order valence-electron chi connectivity index (χ2n) is 5.72. The van der Waals surface area contributed by atoms with Gasteiger partial charge in [-0.2, -0.15) is 18.3 Å². The fraction of sp³-hybridized carbons (Fsp3) is 0.750. The van der Waals surface area contributed by atoms with Crippen LogP contribution in [0.15, 0.2) is 0 Å². The van der Waals surface area contributed by atoms with E-state index >= 15 is 0 Å². The lowest BCUT2D eigenvalue weighted by molar-refractivity contribution is -0.148. The van der Waals surface area contributed by atoms with Crippen molar-refractivity contribution in [1.29, 1.82) is 0 Å². The summed E-state index contributed by atoms with van der Waals surface area (Å²) in [5.74, 6) is -7.10. The fourth-order valence-corrected chi connectivity index (χ4v) is 2.95. The molecular weight excluding hydrogens is 337 g/mol. The first kappa shape index (κ1) is 16.5. The molecule has 2 heterocycles. The summed E-state index contributed by atoms with van der Waals surface area (Å²) in [7, 11) is 0. The Labute approximate surface area is 124 Å². The van der Waals surface area contributed by atoms with E-state index in [1.165, 1.54) is 0 Å². The van der Waals surface area contributed by atoms with Gasteiger partial charge in [-0.25, -0.2) is 17.6 Å². The summed E-state index contributed by atoms with van der Waals surface area (Å²) in [6, 6.07) is -1.32. The molecule has 4 nitrogen and oxygen atoms in total. The van der Waals surface area contributed by atoms with Gasteiger partial charge in [-0.1, -0.05) is 0 Å². The summed E-state index contributed by atoms with van der Waals surface area (Å²) < 4.78 is 98.1. The van der Waals surface area contributed by atoms with Crippen molar-refractivity contribution in [2.24, 2.45) is 0 Å². The Balaban J connectivity index is 2.08. The van der Waals surface area contributed by atoms with Gasteiger partial charge in [0.1, 0.15) is 12.7 Å². The van der Waals surface area contributed by atoms with E-state index in [1.807, 2.05) is 0 Å². The summed E-state index contributed by atoms with van der Waals surface area (Å²) in [6.07, 6.45) is -9.84. The van der Waals surface area contributed by atoms with Crippen LogP contribution in [-0.2, 0) is 17.3 Å². The molecule has 130 valence electrons. The molecule has 1 unspecified atom stereocenters. The van der Waals surface area contributed by atoms with Crippen molar-refractivity contribution < 1.29 is 40.6 Å². The maximum absolute atomic E-state index is 13.6. The number of hydrogen-bond donors (Lipinski definition) is 1. The molecule has 2 aliphatic rings. The largest absolute Gasteiger partial charge is 0.435 e. The third-order valence-corrected chi connectivity index (χ3v) is 3.90. The van der Waals surface area contributed by atoms with Crippen LogP contribution < -0.4 is 0 Å². The number of aliphatic hydroxyl groups is 1. The summed E-state index contributed by atoms with van der Waals surface area (Å²) in [5, 5.41) is 12.7. The summed E-state index contributed by atoms with van der Waals surface area (Å²) >= 11 is 0. The number of fused-ring (bicyclic) bond motifs is 1. The number of halogens is 7. The minimum atomic E-state index is -5.09. The lowest BCUT2D eigenvalue weighted by Crippen LogP contribution is -2.37. The molecule has 0 saturated carbocycles. The van der Waals surface area contributed by atoms with Crippen LogP contribution in [0.3, 0.4) is 0 Å².